The lowest BCUT2D eigenvalue weighted by Gasteiger charge is -2.26. The summed E-state index contributed by atoms with van der Waals surface area (Å²) in [5.74, 6) is -0.643. The standard InChI is InChI=1S/C17H20N2O4S2/c1-10-9-24-15(17(20)23-2)16(10)25(21,22)19-14-5-3-4-11-8-12(18)6-7-13(11)14/h6-9,14,19H,3-5,18H2,1-2H3. The van der Waals surface area contributed by atoms with Gasteiger partial charge in [-0.05, 0) is 60.4 Å². The predicted molar refractivity (Wildman–Crippen MR) is 97.3 cm³/mol. The average Bonchev–Trinajstić information content (AvgIpc) is 2.96. The molecule has 2 aromatic rings. The highest BCUT2D eigenvalue weighted by Crippen LogP contribution is 2.34. The Morgan fingerprint density at radius 2 is 2.16 bits per heavy atom. The number of nitrogens with one attached hydrogen (secondary N) is 1. The Labute approximate surface area is 151 Å². The minimum atomic E-state index is -3.86. The van der Waals surface area contributed by atoms with Gasteiger partial charge in [-0.1, -0.05) is 6.07 Å². The van der Waals surface area contributed by atoms with Gasteiger partial charge in [0.25, 0.3) is 0 Å². The molecule has 6 nitrogen and oxygen atoms in total. The number of anilines is 1. The summed E-state index contributed by atoms with van der Waals surface area (Å²) in [6.07, 6.45) is 2.45. The van der Waals surface area contributed by atoms with Crippen LogP contribution in [0, 0.1) is 6.92 Å². The molecule has 0 aliphatic heterocycles. The lowest BCUT2D eigenvalue weighted by molar-refractivity contribution is 0.0602. The number of fused-ring (bicyclic) bond motifs is 1. The number of esters is 1. The largest absolute Gasteiger partial charge is 0.465 e. The highest BCUT2D eigenvalue weighted by Gasteiger charge is 2.31. The maximum absolute atomic E-state index is 13.0. The van der Waals surface area contributed by atoms with Crippen LogP contribution in [0.25, 0.3) is 0 Å². The third kappa shape index (κ3) is 3.42. The van der Waals surface area contributed by atoms with Gasteiger partial charge in [0.1, 0.15) is 9.77 Å². The van der Waals surface area contributed by atoms with Gasteiger partial charge in [0.2, 0.25) is 10.0 Å². The number of carbonyl (C=O) groups excluding carboxylic acids is 1. The van der Waals surface area contributed by atoms with Crippen LogP contribution in [0.3, 0.4) is 0 Å². The molecule has 1 aliphatic carbocycles. The van der Waals surface area contributed by atoms with E-state index in [1.54, 1.807) is 18.4 Å². The summed E-state index contributed by atoms with van der Waals surface area (Å²) in [6, 6.07) is 5.21. The van der Waals surface area contributed by atoms with E-state index in [1.165, 1.54) is 7.11 Å². The summed E-state index contributed by atoms with van der Waals surface area (Å²) in [5, 5.41) is 1.65. The van der Waals surface area contributed by atoms with Crippen LogP contribution in [0.15, 0.2) is 28.5 Å². The highest BCUT2D eigenvalue weighted by atomic mass is 32.2. The summed E-state index contributed by atoms with van der Waals surface area (Å²) in [7, 11) is -2.62. The molecule has 0 fully saturated rings. The molecular weight excluding hydrogens is 360 g/mol. The number of thiophene rings is 1. The van der Waals surface area contributed by atoms with E-state index < -0.39 is 16.0 Å². The van der Waals surface area contributed by atoms with Gasteiger partial charge in [-0.2, -0.15) is 0 Å². The summed E-state index contributed by atoms with van der Waals surface area (Å²) >= 11 is 1.08. The van der Waals surface area contributed by atoms with Crippen LogP contribution in [0.1, 0.15) is 45.2 Å². The molecule has 0 bridgehead atoms. The fourth-order valence-electron chi connectivity index (χ4n) is 3.20. The van der Waals surface area contributed by atoms with Gasteiger partial charge >= 0.3 is 5.97 Å². The van der Waals surface area contributed by atoms with Gasteiger partial charge in [0.05, 0.1) is 7.11 Å². The Morgan fingerprint density at radius 3 is 2.88 bits per heavy atom. The van der Waals surface area contributed by atoms with Crippen molar-refractivity contribution in [2.24, 2.45) is 0 Å². The van der Waals surface area contributed by atoms with E-state index in [9.17, 15) is 13.2 Å². The first-order chi connectivity index (χ1) is 11.8. The Morgan fingerprint density at radius 1 is 1.40 bits per heavy atom. The van der Waals surface area contributed by atoms with Crippen LogP contribution in [0.5, 0.6) is 0 Å². The fourth-order valence-corrected chi connectivity index (χ4v) is 6.16. The number of methoxy groups -OCH3 is 1. The summed E-state index contributed by atoms with van der Waals surface area (Å²) in [4.78, 5) is 12.0. The molecule has 134 valence electrons. The number of hydrogen-bond donors (Lipinski definition) is 2. The number of hydrogen-bond acceptors (Lipinski definition) is 6. The molecule has 8 heteroatoms. The van der Waals surface area contributed by atoms with E-state index in [0.29, 0.717) is 17.7 Å². The molecule has 0 spiro atoms. The van der Waals surface area contributed by atoms with Gasteiger partial charge in [0.15, 0.2) is 0 Å². The van der Waals surface area contributed by atoms with Crippen molar-refractivity contribution in [2.45, 2.75) is 37.1 Å². The van der Waals surface area contributed by atoms with Gasteiger partial charge in [-0.3, -0.25) is 0 Å². The third-order valence-electron chi connectivity index (χ3n) is 4.34. The first-order valence-corrected chi connectivity index (χ1v) is 10.3. The molecule has 1 heterocycles. The molecule has 0 radical (unpaired) electrons. The van der Waals surface area contributed by atoms with Crippen LogP contribution in [-0.4, -0.2) is 21.5 Å². The summed E-state index contributed by atoms with van der Waals surface area (Å²) < 4.78 is 33.4. The quantitative estimate of drug-likeness (QED) is 0.628. The molecule has 0 saturated heterocycles. The zero-order chi connectivity index (χ0) is 18.2. The molecule has 1 aliphatic rings. The predicted octanol–water partition coefficient (Wildman–Crippen LogP) is 2.78. The Hall–Kier alpha value is -1.90. The summed E-state index contributed by atoms with van der Waals surface area (Å²) in [6.45, 7) is 1.67. The van der Waals surface area contributed by atoms with Gasteiger partial charge in [-0.15, -0.1) is 11.3 Å². The molecule has 1 atom stereocenters. The number of nitrogens with two attached hydrogens (primary N) is 1. The smallest absolute Gasteiger partial charge is 0.349 e. The molecule has 3 rings (SSSR count). The van der Waals surface area contributed by atoms with E-state index in [-0.39, 0.29) is 15.8 Å². The van der Waals surface area contributed by atoms with Gasteiger partial charge in [0, 0.05) is 11.7 Å². The molecule has 3 N–H and O–H groups in total. The van der Waals surface area contributed by atoms with E-state index in [1.807, 2.05) is 12.1 Å². The zero-order valence-corrected chi connectivity index (χ0v) is 15.7. The topological polar surface area (TPSA) is 98.5 Å². The molecular formula is C17H20N2O4S2. The molecule has 0 amide bonds. The van der Waals surface area contributed by atoms with Crippen LogP contribution < -0.4 is 10.5 Å². The number of nitrogen functional groups attached to an aromatic ring is 1. The first-order valence-electron chi connectivity index (χ1n) is 7.90. The Kier molecular flexibility index (Phi) is 4.86. The van der Waals surface area contributed by atoms with E-state index in [0.717, 1.165) is 35.3 Å². The Balaban J connectivity index is 1.97. The molecule has 1 unspecified atom stereocenters. The third-order valence-corrected chi connectivity index (χ3v) is 7.20. The average molecular weight is 380 g/mol. The number of benzene rings is 1. The van der Waals surface area contributed by atoms with E-state index >= 15 is 0 Å². The minimum absolute atomic E-state index is 0.00641. The Bertz CT molecular complexity index is 919. The normalized spacial score (nSPS) is 17.1. The number of sulfonamides is 1. The monoisotopic (exact) mass is 380 g/mol. The zero-order valence-electron chi connectivity index (χ0n) is 14.0. The lowest BCUT2D eigenvalue weighted by atomic mass is 9.88. The van der Waals surface area contributed by atoms with Crippen molar-refractivity contribution < 1.29 is 17.9 Å². The highest BCUT2D eigenvalue weighted by molar-refractivity contribution is 7.89. The van der Waals surface area contributed by atoms with Gasteiger partial charge < -0.3 is 10.5 Å². The van der Waals surface area contributed by atoms with Gasteiger partial charge in [-0.25, -0.2) is 17.9 Å². The van der Waals surface area contributed by atoms with Crippen LogP contribution >= 0.6 is 11.3 Å². The second-order valence-corrected chi connectivity index (χ2v) is 8.62. The number of carbonyl (C=O) groups is 1. The fraction of sp³-hybridized carbons (Fsp3) is 0.353. The van der Waals surface area contributed by atoms with Crippen LogP contribution in [0.4, 0.5) is 5.69 Å². The van der Waals surface area contributed by atoms with E-state index in [2.05, 4.69) is 4.72 Å². The lowest BCUT2D eigenvalue weighted by Crippen LogP contribution is -2.32. The van der Waals surface area contributed by atoms with Crippen LogP contribution in [0.2, 0.25) is 0 Å². The number of ether oxygens (including phenoxy) is 1. The number of aryl methyl sites for hydroxylation is 2. The first kappa shape index (κ1) is 17.9. The maximum Gasteiger partial charge on any atom is 0.349 e. The van der Waals surface area contributed by atoms with Crippen molar-refractivity contribution in [3.63, 3.8) is 0 Å². The second kappa shape index (κ2) is 6.78. The van der Waals surface area contributed by atoms with Crippen LogP contribution in [-0.2, 0) is 21.2 Å². The van der Waals surface area contributed by atoms with Crippen molar-refractivity contribution in [2.75, 3.05) is 12.8 Å². The minimum Gasteiger partial charge on any atom is -0.465 e. The number of rotatable bonds is 4. The van der Waals surface area contributed by atoms with Crippen molar-refractivity contribution in [1.29, 1.82) is 0 Å². The van der Waals surface area contributed by atoms with Crippen molar-refractivity contribution >= 4 is 33.0 Å². The maximum atomic E-state index is 13.0. The second-order valence-electron chi connectivity index (χ2n) is 6.09. The molecule has 25 heavy (non-hydrogen) atoms. The van der Waals surface area contributed by atoms with E-state index in [4.69, 9.17) is 10.5 Å². The summed E-state index contributed by atoms with van der Waals surface area (Å²) in [5.41, 5.74) is 9.04. The van der Waals surface area contributed by atoms with Crippen molar-refractivity contribution in [3.8, 4) is 0 Å². The van der Waals surface area contributed by atoms with Crippen molar-refractivity contribution in [1.82, 2.24) is 4.72 Å². The molecule has 0 saturated carbocycles. The molecule has 1 aromatic heterocycles. The van der Waals surface area contributed by atoms with Crippen molar-refractivity contribution in [3.05, 3.63) is 45.1 Å². The SMILES string of the molecule is COC(=O)c1scc(C)c1S(=O)(=O)NC1CCCc2cc(N)ccc21. The molecule has 1 aromatic carbocycles.